The van der Waals surface area contributed by atoms with Crippen LogP contribution in [0.25, 0.3) is 98.7 Å². The van der Waals surface area contributed by atoms with Crippen molar-refractivity contribution in [3.8, 4) is 55.6 Å². The molecule has 0 N–H and O–H groups in total. The topological polar surface area (TPSA) is 3.24 Å². The SMILES string of the molecule is c1ccc(-c2ccc(-c3cccc4ccccc34)cc2N(c2ccc(-c3cccc(-c4ccc5ccccc5c4)c3)cc2)c2ccc(-c3cc4ccccc4c4ccccc34)cc2)cc1. The zero-order valence-electron chi connectivity index (χ0n) is 35.8. The molecule has 0 aliphatic carbocycles. The fourth-order valence-corrected chi connectivity index (χ4v) is 9.78. The highest BCUT2D eigenvalue weighted by Gasteiger charge is 2.20. The standard InChI is InChI=1S/C64H43N/c1-2-15-47(16-3-1)60-39-34-54(58-27-13-20-46-17-6-8-23-57(46)58)43-64(60)65(56-37-32-48(33-38-56)63-42-53-19-7-9-24-59(53)61-25-10-11-26-62(61)63)55-35-30-45(31-36-55)50-21-12-22-51(40-50)52-29-28-44-14-4-5-18-49(44)41-52/h1-43H. The first-order valence-corrected chi connectivity index (χ1v) is 22.4. The van der Waals surface area contributed by atoms with Gasteiger partial charge in [0.25, 0.3) is 0 Å². The second kappa shape index (κ2) is 16.3. The van der Waals surface area contributed by atoms with E-state index in [0.29, 0.717) is 0 Å². The van der Waals surface area contributed by atoms with Gasteiger partial charge in [0.05, 0.1) is 5.69 Å². The van der Waals surface area contributed by atoms with Gasteiger partial charge in [-0.2, -0.15) is 0 Å². The largest absolute Gasteiger partial charge is 0.310 e. The Morgan fingerprint density at radius 2 is 0.708 bits per heavy atom. The first-order valence-electron chi connectivity index (χ1n) is 22.4. The Bertz CT molecular complexity index is 3690. The lowest BCUT2D eigenvalue weighted by Crippen LogP contribution is -2.11. The second-order valence-electron chi connectivity index (χ2n) is 16.9. The summed E-state index contributed by atoms with van der Waals surface area (Å²) in [6, 6.07) is 95.4. The number of hydrogen-bond acceptors (Lipinski definition) is 1. The van der Waals surface area contributed by atoms with E-state index in [-0.39, 0.29) is 0 Å². The van der Waals surface area contributed by atoms with Crippen LogP contribution in [0.15, 0.2) is 261 Å². The molecular weight excluding hydrogens is 783 g/mol. The molecule has 0 heterocycles. The molecule has 0 unspecified atom stereocenters. The van der Waals surface area contributed by atoms with E-state index in [9.17, 15) is 0 Å². The summed E-state index contributed by atoms with van der Waals surface area (Å²) in [5, 5.41) is 10.0. The molecular formula is C64H43N. The summed E-state index contributed by atoms with van der Waals surface area (Å²) >= 11 is 0. The molecule has 0 amide bonds. The fraction of sp³-hybridized carbons (Fsp3) is 0. The van der Waals surface area contributed by atoms with Gasteiger partial charge in [-0.3, -0.25) is 0 Å². The number of rotatable bonds is 8. The van der Waals surface area contributed by atoms with Crippen molar-refractivity contribution in [3.63, 3.8) is 0 Å². The van der Waals surface area contributed by atoms with Crippen molar-refractivity contribution in [2.75, 3.05) is 4.90 Å². The maximum absolute atomic E-state index is 2.44. The molecule has 0 aliphatic heterocycles. The van der Waals surface area contributed by atoms with Crippen LogP contribution in [0.5, 0.6) is 0 Å². The van der Waals surface area contributed by atoms with Crippen LogP contribution in [0.1, 0.15) is 0 Å². The normalized spacial score (nSPS) is 11.4. The van der Waals surface area contributed by atoms with Crippen molar-refractivity contribution in [1.82, 2.24) is 0 Å². The van der Waals surface area contributed by atoms with Gasteiger partial charge in [-0.1, -0.05) is 212 Å². The minimum absolute atomic E-state index is 1.08. The van der Waals surface area contributed by atoms with Crippen LogP contribution in [0, 0.1) is 0 Å². The second-order valence-corrected chi connectivity index (χ2v) is 16.9. The van der Waals surface area contributed by atoms with E-state index in [1.807, 2.05) is 0 Å². The summed E-state index contributed by atoms with van der Waals surface area (Å²) < 4.78 is 0. The van der Waals surface area contributed by atoms with Crippen molar-refractivity contribution in [1.29, 1.82) is 0 Å². The van der Waals surface area contributed by atoms with Gasteiger partial charge in [0, 0.05) is 16.9 Å². The van der Waals surface area contributed by atoms with Crippen LogP contribution in [0.2, 0.25) is 0 Å². The van der Waals surface area contributed by atoms with Gasteiger partial charge in [0.2, 0.25) is 0 Å². The Labute approximate surface area is 379 Å². The highest BCUT2D eigenvalue weighted by Crippen LogP contribution is 2.45. The Morgan fingerprint density at radius 3 is 1.48 bits per heavy atom. The lowest BCUT2D eigenvalue weighted by atomic mass is 9.92. The van der Waals surface area contributed by atoms with Gasteiger partial charge in [-0.25, -0.2) is 0 Å². The third kappa shape index (κ3) is 7.10. The maximum atomic E-state index is 2.44. The smallest absolute Gasteiger partial charge is 0.0546 e. The van der Waals surface area contributed by atoms with E-state index in [2.05, 4.69) is 266 Å². The molecule has 0 aromatic heterocycles. The highest BCUT2D eigenvalue weighted by atomic mass is 15.1. The van der Waals surface area contributed by atoms with Crippen molar-refractivity contribution < 1.29 is 0 Å². The lowest BCUT2D eigenvalue weighted by molar-refractivity contribution is 1.28. The van der Waals surface area contributed by atoms with Crippen molar-refractivity contribution >= 4 is 60.2 Å². The molecule has 65 heavy (non-hydrogen) atoms. The Hall–Kier alpha value is -8.52. The summed E-state index contributed by atoms with van der Waals surface area (Å²) in [7, 11) is 0. The monoisotopic (exact) mass is 825 g/mol. The van der Waals surface area contributed by atoms with Crippen LogP contribution >= 0.6 is 0 Å². The quantitative estimate of drug-likeness (QED) is 0.138. The number of anilines is 3. The number of hydrogen-bond donors (Lipinski definition) is 0. The third-order valence-electron chi connectivity index (χ3n) is 13.0. The molecule has 0 saturated carbocycles. The molecule has 0 aliphatic rings. The molecule has 1 heteroatoms. The zero-order valence-corrected chi connectivity index (χ0v) is 35.8. The van der Waals surface area contributed by atoms with Crippen molar-refractivity contribution in [2.24, 2.45) is 0 Å². The minimum atomic E-state index is 1.08. The molecule has 304 valence electrons. The van der Waals surface area contributed by atoms with Crippen LogP contribution in [0.3, 0.4) is 0 Å². The molecule has 12 aromatic rings. The van der Waals surface area contributed by atoms with E-state index < -0.39 is 0 Å². The fourth-order valence-electron chi connectivity index (χ4n) is 9.78. The predicted molar refractivity (Wildman–Crippen MR) is 278 cm³/mol. The molecule has 0 spiro atoms. The summed E-state index contributed by atoms with van der Waals surface area (Å²) in [4.78, 5) is 2.44. The predicted octanol–water partition coefficient (Wildman–Crippen LogP) is 18.1. The van der Waals surface area contributed by atoms with Gasteiger partial charge < -0.3 is 4.90 Å². The molecule has 0 fully saturated rings. The van der Waals surface area contributed by atoms with Gasteiger partial charge in [0.15, 0.2) is 0 Å². The van der Waals surface area contributed by atoms with Crippen LogP contribution in [-0.4, -0.2) is 0 Å². The van der Waals surface area contributed by atoms with E-state index >= 15 is 0 Å². The maximum Gasteiger partial charge on any atom is 0.0546 e. The van der Waals surface area contributed by atoms with Crippen molar-refractivity contribution in [3.05, 3.63) is 261 Å². The summed E-state index contributed by atoms with van der Waals surface area (Å²) in [6.45, 7) is 0. The van der Waals surface area contributed by atoms with Crippen LogP contribution < -0.4 is 4.90 Å². The molecule has 12 rings (SSSR count). The Kier molecular flexibility index (Phi) is 9.58. The number of benzene rings is 12. The van der Waals surface area contributed by atoms with Crippen LogP contribution in [0.4, 0.5) is 17.1 Å². The minimum Gasteiger partial charge on any atom is -0.310 e. The Balaban J connectivity index is 1.01. The van der Waals surface area contributed by atoms with E-state index in [0.717, 1.165) is 22.6 Å². The molecule has 1 nitrogen and oxygen atoms in total. The number of nitrogens with zero attached hydrogens (tertiary/aromatic N) is 1. The summed E-state index contributed by atoms with van der Waals surface area (Å²) in [6.07, 6.45) is 0. The highest BCUT2D eigenvalue weighted by molar-refractivity contribution is 6.14. The Morgan fingerprint density at radius 1 is 0.200 bits per heavy atom. The molecule has 0 atom stereocenters. The molecule has 0 saturated heterocycles. The average molecular weight is 826 g/mol. The summed E-state index contributed by atoms with van der Waals surface area (Å²) in [5.41, 5.74) is 15.2. The third-order valence-corrected chi connectivity index (χ3v) is 13.0. The van der Waals surface area contributed by atoms with Gasteiger partial charge in [-0.15, -0.1) is 0 Å². The average Bonchev–Trinajstić information content (AvgIpc) is 3.39. The van der Waals surface area contributed by atoms with E-state index in [1.165, 1.54) is 93.2 Å². The molecule has 0 radical (unpaired) electrons. The zero-order chi connectivity index (χ0) is 43.1. The van der Waals surface area contributed by atoms with E-state index in [1.54, 1.807) is 0 Å². The summed E-state index contributed by atoms with van der Waals surface area (Å²) in [5.74, 6) is 0. The molecule has 12 aromatic carbocycles. The van der Waals surface area contributed by atoms with Gasteiger partial charge in [0.1, 0.15) is 0 Å². The van der Waals surface area contributed by atoms with Crippen LogP contribution in [-0.2, 0) is 0 Å². The number of fused-ring (bicyclic) bond motifs is 5. The lowest BCUT2D eigenvalue weighted by Gasteiger charge is -2.29. The van der Waals surface area contributed by atoms with Gasteiger partial charge >= 0.3 is 0 Å². The van der Waals surface area contributed by atoms with Gasteiger partial charge in [-0.05, 0) is 142 Å². The van der Waals surface area contributed by atoms with Crippen molar-refractivity contribution in [2.45, 2.75) is 0 Å². The first kappa shape index (κ1) is 38.2. The van der Waals surface area contributed by atoms with E-state index in [4.69, 9.17) is 0 Å². The molecule has 0 bridgehead atoms. The first-order chi connectivity index (χ1) is 32.2.